The van der Waals surface area contributed by atoms with E-state index in [0.717, 1.165) is 19.3 Å². The number of nitrogens with two attached hydrogens (primary N) is 1. The largest absolute Gasteiger partial charge is 0.490 e. The minimum Gasteiger partial charge on any atom is -0.490 e. The molecule has 0 bridgehead atoms. The van der Waals surface area contributed by atoms with E-state index in [0.29, 0.717) is 11.3 Å². The Balaban J connectivity index is 2.11. The van der Waals surface area contributed by atoms with Crippen LogP contribution in [0.1, 0.15) is 24.8 Å². The van der Waals surface area contributed by atoms with Crippen molar-refractivity contribution in [3.8, 4) is 5.75 Å². The lowest BCUT2D eigenvalue weighted by molar-refractivity contribution is -0.385. The van der Waals surface area contributed by atoms with E-state index in [1.54, 1.807) is 19.1 Å². The van der Waals surface area contributed by atoms with E-state index in [-0.39, 0.29) is 22.8 Å². The quantitative estimate of drug-likeness (QED) is 0.644. The number of nitrogens with zero attached hydrogens (tertiary/aromatic N) is 1. The van der Waals surface area contributed by atoms with Crippen LogP contribution in [0.5, 0.6) is 5.75 Å². The third kappa shape index (κ3) is 2.74. The fourth-order valence-electron chi connectivity index (χ4n) is 2.13. The van der Waals surface area contributed by atoms with Gasteiger partial charge >= 0.3 is 0 Å². The normalized spacial score (nSPS) is 23.6. The molecule has 5 heteroatoms. The first-order chi connectivity index (χ1) is 8.06. The summed E-state index contributed by atoms with van der Waals surface area (Å²) < 4.78 is 5.71. The summed E-state index contributed by atoms with van der Waals surface area (Å²) in [7, 11) is 0. The number of ether oxygens (including phenoxy) is 1. The zero-order valence-corrected chi connectivity index (χ0v) is 9.76. The Kier molecular flexibility index (Phi) is 3.28. The number of nitro benzene ring substituents is 1. The minimum absolute atomic E-state index is 0.0901. The van der Waals surface area contributed by atoms with Crippen molar-refractivity contribution < 1.29 is 9.66 Å². The average Bonchev–Trinajstić information content (AvgIpc) is 2.66. The van der Waals surface area contributed by atoms with Crippen molar-refractivity contribution in [3.63, 3.8) is 0 Å². The topological polar surface area (TPSA) is 78.4 Å². The number of benzene rings is 1. The molecule has 2 unspecified atom stereocenters. The van der Waals surface area contributed by atoms with E-state index < -0.39 is 0 Å². The molecular weight excluding hydrogens is 220 g/mol. The third-order valence-electron chi connectivity index (χ3n) is 3.11. The second-order valence-corrected chi connectivity index (χ2v) is 4.52. The molecule has 2 rings (SSSR count). The van der Waals surface area contributed by atoms with Gasteiger partial charge in [0.1, 0.15) is 11.9 Å². The molecule has 1 aliphatic carbocycles. The van der Waals surface area contributed by atoms with Gasteiger partial charge in [0.25, 0.3) is 5.69 Å². The maximum atomic E-state index is 10.8. The van der Waals surface area contributed by atoms with Gasteiger partial charge in [-0.05, 0) is 38.3 Å². The van der Waals surface area contributed by atoms with Crippen LogP contribution < -0.4 is 10.5 Å². The van der Waals surface area contributed by atoms with Crippen molar-refractivity contribution in [3.05, 3.63) is 33.9 Å². The van der Waals surface area contributed by atoms with Gasteiger partial charge in [-0.3, -0.25) is 10.1 Å². The maximum Gasteiger partial charge on any atom is 0.276 e. The molecule has 0 aromatic heterocycles. The summed E-state index contributed by atoms with van der Waals surface area (Å²) in [4.78, 5) is 10.4. The van der Waals surface area contributed by atoms with Crippen LogP contribution in [-0.4, -0.2) is 17.1 Å². The molecule has 1 aromatic carbocycles. The van der Waals surface area contributed by atoms with Crippen LogP contribution in [-0.2, 0) is 0 Å². The summed E-state index contributed by atoms with van der Waals surface area (Å²) in [6.45, 7) is 1.72. The molecule has 1 aromatic rings. The molecule has 17 heavy (non-hydrogen) atoms. The summed E-state index contributed by atoms with van der Waals surface area (Å²) in [5.41, 5.74) is 6.54. The smallest absolute Gasteiger partial charge is 0.276 e. The van der Waals surface area contributed by atoms with E-state index >= 15 is 0 Å². The zero-order chi connectivity index (χ0) is 12.4. The van der Waals surface area contributed by atoms with Crippen LogP contribution in [0.25, 0.3) is 0 Å². The van der Waals surface area contributed by atoms with E-state index in [2.05, 4.69) is 0 Å². The average molecular weight is 236 g/mol. The molecule has 2 atom stereocenters. The third-order valence-corrected chi connectivity index (χ3v) is 3.11. The van der Waals surface area contributed by atoms with Crippen molar-refractivity contribution in [2.45, 2.75) is 38.3 Å². The molecule has 1 aliphatic rings. The fourth-order valence-corrected chi connectivity index (χ4v) is 2.13. The lowest BCUT2D eigenvalue weighted by atomic mass is 10.2. The van der Waals surface area contributed by atoms with Crippen molar-refractivity contribution in [1.82, 2.24) is 0 Å². The molecule has 92 valence electrons. The number of nitro groups is 1. The Morgan fingerprint density at radius 1 is 1.47 bits per heavy atom. The van der Waals surface area contributed by atoms with Crippen LogP contribution in [0.2, 0.25) is 0 Å². The van der Waals surface area contributed by atoms with Crippen LogP contribution >= 0.6 is 0 Å². The van der Waals surface area contributed by atoms with Crippen molar-refractivity contribution in [2.75, 3.05) is 0 Å². The number of aryl methyl sites for hydroxylation is 1. The monoisotopic (exact) mass is 236 g/mol. The number of hydrogen-bond donors (Lipinski definition) is 1. The summed E-state index contributed by atoms with van der Waals surface area (Å²) in [5.74, 6) is 0.557. The van der Waals surface area contributed by atoms with Gasteiger partial charge in [-0.15, -0.1) is 0 Å². The Morgan fingerprint density at radius 3 is 2.82 bits per heavy atom. The van der Waals surface area contributed by atoms with Crippen molar-refractivity contribution in [1.29, 1.82) is 0 Å². The summed E-state index contributed by atoms with van der Waals surface area (Å²) in [6, 6.07) is 5.16. The van der Waals surface area contributed by atoms with Gasteiger partial charge in [0.05, 0.1) is 11.0 Å². The lowest BCUT2D eigenvalue weighted by Crippen LogP contribution is -2.19. The molecule has 0 spiro atoms. The lowest BCUT2D eigenvalue weighted by Gasteiger charge is -2.13. The second kappa shape index (κ2) is 4.71. The first kappa shape index (κ1) is 11.9. The predicted octanol–water partition coefficient (Wildman–Crippen LogP) is 2.16. The van der Waals surface area contributed by atoms with Crippen LogP contribution in [0, 0.1) is 17.0 Å². The van der Waals surface area contributed by atoms with Crippen molar-refractivity contribution >= 4 is 5.69 Å². The highest BCUT2D eigenvalue weighted by Crippen LogP contribution is 2.28. The number of hydrogen-bond acceptors (Lipinski definition) is 4. The Morgan fingerprint density at radius 2 is 2.24 bits per heavy atom. The van der Waals surface area contributed by atoms with Gasteiger partial charge in [-0.1, -0.05) is 0 Å². The SMILES string of the molecule is Cc1ccc(OC2CCC(N)C2)cc1[N+](=O)[O-]. The van der Waals surface area contributed by atoms with Gasteiger partial charge in [0.2, 0.25) is 0 Å². The van der Waals surface area contributed by atoms with Crippen LogP contribution in [0.15, 0.2) is 18.2 Å². The molecule has 0 heterocycles. The van der Waals surface area contributed by atoms with E-state index in [4.69, 9.17) is 10.5 Å². The molecule has 0 aliphatic heterocycles. The zero-order valence-electron chi connectivity index (χ0n) is 9.76. The molecule has 0 saturated heterocycles. The minimum atomic E-state index is -0.386. The van der Waals surface area contributed by atoms with Crippen molar-refractivity contribution in [2.24, 2.45) is 5.73 Å². The standard InChI is InChI=1S/C12H16N2O3/c1-8-2-4-11(7-12(8)14(15)16)17-10-5-3-9(13)6-10/h2,4,7,9-10H,3,5-6,13H2,1H3. The first-order valence-electron chi connectivity index (χ1n) is 5.73. The van der Waals surface area contributed by atoms with Gasteiger partial charge in [0, 0.05) is 11.6 Å². The van der Waals surface area contributed by atoms with Gasteiger partial charge in [0.15, 0.2) is 0 Å². The molecule has 2 N–H and O–H groups in total. The van der Waals surface area contributed by atoms with E-state index in [1.807, 2.05) is 0 Å². The van der Waals surface area contributed by atoms with Gasteiger partial charge in [-0.25, -0.2) is 0 Å². The first-order valence-corrected chi connectivity index (χ1v) is 5.73. The fraction of sp³-hybridized carbons (Fsp3) is 0.500. The highest BCUT2D eigenvalue weighted by atomic mass is 16.6. The Hall–Kier alpha value is -1.62. The highest BCUT2D eigenvalue weighted by Gasteiger charge is 2.23. The molecule has 0 radical (unpaired) electrons. The Bertz CT molecular complexity index is 434. The van der Waals surface area contributed by atoms with E-state index in [9.17, 15) is 10.1 Å². The van der Waals surface area contributed by atoms with Crippen LogP contribution in [0.4, 0.5) is 5.69 Å². The Labute approximate surface area is 99.7 Å². The molecular formula is C12H16N2O3. The van der Waals surface area contributed by atoms with Gasteiger partial charge < -0.3 is 10.5 Å². The maximum absolute atomic E-state index is 10.8. The van der Waals surface area contributed by atoms with Gasteiger partial charge in [-0.2, -0.15) is 0 Å². The molecule has 0 amide bonds. The molecule has 1 saturated carbocycles. The van der Waals surface area contributed by atoms with E-state index in [1.165, 1.54) is 6.07 Å². The summed E-state index contributed by atoms with van der Waals surface area (Å²) in [6.07, 6.45) is 2.79. The second-order valence-electron chi connectivity index (χ2n) is 4.52. The molecule has 5 nitrogen and oxygen atoms in total. The summed E-state index contributed by atoms with van der Waals surface area (Å²) in [5, 5.41) is 10.8. The number of rotatable bonds is 3. The summed E-state index contributed by atoms with van der Waals surface area (Å²) >= 11 is 0. The van der Waals surface area contributed by atoms with Crippen LogP contribution in [0.3, 0.4) is 0 Å². The predicted molar refractivity (Wildman–Crippen MR) is 64.1 cm³/mol. The molecule has 1 fully saturated rings. The highest BCUT2D eigenvalue weighted by molar-refractivity contribution is 5.45.